The number of carbonyl (C=O) groups is 1. The highest BCUT2D eigenvalue weighted by Crippen LogP contribution is 2.37. The number of amides is 1. The van der Waals surface area contributed by atoms with Gasteiger partial charge >= 0.3 is 0 Å². The molecule has 0 bridgehead atoms. The number of rotatable bonds is 7. The minimum Gasteiger partial charge on any atom is -0.497 e. The maximum atomic E-state index is 12.8. The second kappa shape index (κ2) is 10.9. The molecule has 5 rings (SSSR count). The molecule has 2 heterocycles. The van der Waals surface area contributed by atoms with Crippen LogP contribution in [0.25, 0.3) is 11.3 Å². The highest BCUT2D eigenvalue weighted by atomic mass is 16.5. The number of hydrogen-bond donors (Lipinski definition) is 1. The van der Waals surface area contributed by atoms with Crippen LogP contribution in [0.15, 0.2) is 48.5 Å². The predicted octanol–water partition coefficient (Wildman–Crippen LogP) is 3.89. The molecule has 8 heteroatoms. The third-order valence-corrected chi connectivity index (χ3v) is 7.13. The van der Waals surface area contributed by atoms with Gasteiger partial charge in [-0.25, -0.2) is 4.98 Å². The van der Waals surface area contributed by atoms with Crippen molar-refractivity contribution in [2.24, 2.45) is 0 Å². The maximum absolute atomic E-state index is 12.8. The van der Waals surface area contributed by atoms with Crippen LogP contribution < -0.4 is 19.7 Å². The van der Waals surface area contributed by atoms with Crippen LogP contribution in [0.1, 0.15) is 23.1 Å². The number of pyridine rings is 1. The normalized spacial score (nSPS) is 15.1. The highest BCUT2D eigenvalue weighted by Gasteiger charge is 2.28. The first-order chi connectivity index (χ1) is 18.1. The Morgan fingerprint density at radius 1 is 1.03 bits per heavy atom. The van der Waals surface area contributed by atoms with Crippen molar-refractivity contribution in [3.05, 3.63) is 65.2 Å². The molecule has 1 fully saturated rings. The van der Waals surface area contributed by atoms with Crippen LogP contribution in [0.5, 0.6) is 11.5 Å². The monoisotopic (exact) mass is 497 g/mol. The van der Waals surface area contributed by atoms with Gasteiger partial charge in [-0.05, 0) is 42.5 Å². The van der Waals surface area contributed by atoms with E-state index >= 15 is 0 Å². The molecular weight excluding hydrogens is 466 g/mol. The molecule has 0 saturated carbocycles. The van der Waals surface area contributed by atoms with Crippen molar-refractivity contribution in [3.8, 4) is 28.8 Å². The Balaban J connectivity index is 1.28. The van der Waals surface area contributed by atoms with Crippen LogP contribution >= 0.6 is 0 Å². The SMILES string of the molecule is COc1ccc(NC(=O)CN2CCN(c3nc(-c4ccccc4)c4c(c3C#N)CCC4)CC2)c(OC)c1. The molecule has 3 aromatic rings. The van der Waals surface area contributed by atoms with Crippen LogP contribution in [0.4, 0.5) is 11.5 Å². The van der Waals surface area contributed by atoms with Crippen LogP contribution in [0.2, 0.25) is 0 Å². The second-order valence-corrected chi connectivity index (χ2v) is 9.33. The maximum Gasteiger partial charge on any atom is 0.238 e. The van der Waals surface area contributed by atoms with E-state index < -0.39 is 0 Å². The van der Waals surface area contributed by atoms with Gasteiger partial charge in [-0.15, -0.1) is 0 Å². The van der Waals surface area contributed by atoms with E-state index in [1.165, 1.54) is 5.56 Å². The van der Waals surface area contributed by atoms with E-state index in [4.69, 9.17) is 14.5 Å². The fourth-order valence-electron chi connectivity index (χ4n) is 5.24. The molecule has 2 aliphatic rings. The first-order valence-electron chi connectivity index (χ1n) is 12.6. The molecule has 1 saturated heterocycles. The fraction of sp³-hybridized carbons (Fsp3) is 0.345. The van der Waals surface area contributed by atoms with Gasteiger partial charge in [0.1, 0.15) is 23.4 Å². The van der Waals surface area contributed by atoms with E-state index in [0.717, 1.165) is 41.9 Å². The Hall–Kier alpha value is -4.09. The molecule has 0 atom stereocenters. The predicted molar refractivity (Wildman–Crippen MR) is 143 cm³/mol. The van der Waals surface area contributed by atoms with E-state index in [9.17, 15) is 10.1 Å². The van der Waals surface area contributed by atoms with E-state index in [0.29, 0.717) is 48.9 Å². The molecule has 0 unspecified atom stereocenters. The first kappa shape index (κ1) is 24.6. The third-order valence-electron chi connectivity index (χ3n) is 7.13. The Kier molecular flexibility index (Phi) is 7.24. The van der Waals surface area contributed by atoms with Crippen molar-refractivity contribution in [1.29, 1.82) is 5.26 Å². The number of methoxy groups -OCH3 is 2. The number of ether oxygens (including phenoxy) is 2. The lowest BCUT2D eigenvalue weighted by Gasteiger charge is -2.36. The molecule has 0 radical (unpaired) electrons. The zero-order chi connectivity index (χ0) is 25.8. The van der Waals surface area contributed by atoms with Crippen molar-refractivity contribution in [3.63, 3.8) is 0 Å². The first-order valence-corrected chi connectivity index (χ1v) is 12.6. The summed E-state index contributed by atoms with van der Waals surface area (Å²) < 4.78 is 10.6. The molecule has 190 valence electrons. The van der Waals surface area contributed by atoms with Gasteiger partial charge in [0.05, 0.1) is 37.7 Å². The second-order valence-electron chi connectivity index (χ2n) is 9.33. The van der Waals surface area contributed by atoms with Gasteiger partial charge in [-0.3, -0.25) is 9.69 Å². The number of benzene rings is 2. The molecule has 1 N–H and O–H groups in total. The molecule has 1 amide bonds. The number of piperazine rings is 1. The summed E-state index contributed by atoms with van der Waals surface area (Å²) in [6.45, 7) is 3.09. The summed E-state index contributed by atoms with van der Waals surface area (Å²) in [6, 6.07) is 18.0. The average molecular weight is 498 g/mol. The molecule has 2 aromatic carbocycles. The van der Waals surface area contributed by atoms with Gasteiger partial charge in [0.2, 0.25) is 5.91 Å². The number of aromatic nitrogens is 1. The van der Waals surface area contributed by atoms with Crippen molar-refractivity contribution in [2.75, 3.05) is 57.2 Å². The number of carbonyl (C=O) groups excluding carboxylic acids is 1. The van der Waals surface area contributed by atoms with E-state index in [-0.39, 0.29) is 12.5 Å². The lowest BCUT2D eigenvalue weighted by molar-refractivity contribution is -0.117. The molecular formula is C29H31N5O3. The van der Waals surface area contributed by atoms with Gasteiger partial charge in [0.25, 0.3) is 0 Å². The topological polar surface area (TPSA) is 90.7 Å². The van der Waals surface area contributed by atoms with Crippen LogP contribution in [-0.4, -0.2) is 62.7 Å². The lowest BCUT2D eigenvalue weighted by Crippen LogP contribution is -2.49. The summed E-state index contributed by atoms with van der Waals surface area (Å²) in [5, 5.41) is 13.0. The Bertz CT molecular complexity index is 1330. The third kappa shape index (κ3) is 5.09. The zero-order valence-electron chi connectivity index (χ0n) is 21.3. The number of nitriles is 1. The van der Waals surface area contributed by atoms with Crippen molar-refractivity contribution in [1.82, 2.24) is 9.88 Å². The average Bonchev–Trinajstić information content (AvgIpc) is 3.43. The number of anilines is 2. The summed E-state index contributed by atoms with van der Waals surface area (Å²) in [5.74, 6) is 1.89. The highest BCUT2D eigenvalue weighted by molar-refractivity contribution is 5.93. The minimum atomic E-state index is -0.100. The summed E-state index contributed by atoms with van der Waals surface area (Å²) in [7, 11) is 3.16. The Labute approximate surface area is 217 Å². The standard InChI is InChI=1S/C29H31N5O3/c1-36-21-11-12-25(26(17-21)37-2)31-27(35)19-33-13-15-34(16-14-33)29-24(18-30)22-9-6-10-23(22)28(32-29)20-7-4-3-5-8-20/h3-5,7-8,11-12,17H,6,9-10,13-16,19H2,1-2H3,(H,31,35). The van der Waals surface area contributed by atoms with E-state index in [1.54, 1.807) is 32.4 Å². The quantitative estimate of drug-likeness (QED) is 0.530. The van der Waals surface area contributed by atoms with Crippen LogP contribution in [0, 0.1) is 11.3 Å². The summed E-state index contributed by atoms with van der Waals surface area (Å²) in [4.78, 5) is 22.2. The smallest absolute Gasteiger partial charge is 0.238 e. The van der Waals surface area contributed by atoms with Crippen molar-refractivity contribution >= 4 is 17.4 Å². The molecule has 1 aliphatic carbocycles. The summed E-state index contributed by atoms with van der Waals surface area (Å²) in [6.07, 6.45) is 2.93. The molecule has 0 spiro atoms. The van der Waals surface area contributed by atoms with Crippen molar-refractivity contribution in [2.45, 2.75) is 19.3 Å². The molecule has 37 heavy (non-hydrogen) atoms. The van der Waals surface area contributed by atoms with Crippen LogP contribution in [-0.2, 0) is 17.6 Å². The minimum absolute atomic E-state index is 0.100. The van der Waals surface area contributed by atoms with Gasteiger partial charge in [0, 0.05) is 37.8 Å². The fourth-order valence-corrected chi connectivity index (χ4v) is 5.24. The van der Waals surface area contributed by atoms with Gasteiger partial charge in [-0.1, -0.05) is 30.3 Å². The zero-order valence-corrected chi connectivity index (χ0v) is 21.3. The number of fused-ring (bicyclic) bond motifs is 1. The number of nitrogens with one attached hydrogen (secondary N) is 1. The summed E-state index contributed by atoms with van der Waals surface area (Å²) in [5.41, 5.74) is 5.79. The number of nitrogens with zero attached hydrogens (tertiary/aromatic N) is 4. The van der Waals surface area contributed by atoms with Gasteiger partial charge in [0.15, 0.2) is 0 Å². The largest absolute Gasteiger partial charge is 0.497 e. The molecule has 1 aromatic heterocycles. The Morgan fingerprint density at radius 3 is 2.49 bits per heavy atom. The van der Waals surface area contributed by atoms with Crippen LogP contribution in [0.3, 0.4) is 0 Å². The van der Waals surface area contributed by atoms with Crippen molar-refractivity contribution < 1.29 is 14.3 Å². The Morgan fingerprint density at radius 2 is 1.78 bits per heavy atom. The summed E-state index contributed by atoms with van der Waals surface area (Å²) >= 11 is 0. The number of hydrogen-bond acceptors (Lipinski definition) is 7. The van der Waals surface area contributed by atoms with Gasteiger partial charge < -0.3 is 19.7 Å². The van der Waals surface area contributed by atoms with E-state index in [1.807, 2.05) is 18.2 Å². The van der Waals surface area contributed by atoms with E-state index in [2.05, 4.69) is 33.3 Å². The molecule has 8 nitrogen and oxygen atoms in total. The van der Waals surface area contributed by atoms with Gasteiger partial charge in [-0.2, -0.15) is 5.26 Å². The lowest BCUT2D eigenvalue weighted by atomic mass is 9.98. The molecule has 1 aliphatic heterocycles.